The molecule has 0 bridgehead atoms. The molecule has 0 radical (unpaired) electrons. The van der Waals surface area contributed by atoms with Crippen molar-refractivity contribution in [1.29, 1.82) is 0 Å². The fraction of sp³-hybridized carbons (Fsp3) is 0.882. The molecule has 6 heteroatoms. The summed E-state index contributed by atoms with van der Waals surface area (Å²) < 4.78 is 10.0. The zero-order valence-electron chi connectivity index (χ0n) is 14.9. The molecule has 0 aromatic rings. The molecule has 0 aliphatic carbocycles. The highest BCUT2D eigenvalue weighted by molar-refractivity contribution is 5.70. The second-order valence-electron chi connectivity index (χ2n) is 5.39. The lowest BCUT2D eigenvalue weighted by atomic mass is 10.2. The number of ether oxygens (including phenoxy) is 2. The van der Waals surface area contributed by atoms with Crippen LogP contribution >= 0.6 is 0 Å². The van der Waals surface area contributed by atoms with Crippen molar-refractivity contribution in [2.24, 2.45) is 0 Å². The average Bonchev–Trinajstić information content (AvgIpc) is 2.52. The normalized spacial score (nSPS) is 11.2. The summed E-state index contributed by atoms with van der Waals surface area (Å²) in [4.78, 5) is 22.5. The van der Waals surface area contributed by atoms with E-state index in [4.69, 9.17) is 19.7 Å². The monoisotopic (exact) mass is 334 g/mol. The Morgan fingerprint density at radius 2 is 1.22 bits per heavy atom. The second kappa shape index (κ2) is 18.9. The quantitative estimate of drug-likeness (QED) is 0.421. The van der Waals surface area contributed by atoms with Crippen LogP contribution in [0.3, 0.4) is 0 Å². The third-order valence-electron chi connectivity index (χ3n) is 2.80. The summed E-state index contributed by atoms with van der Waals surface area (Å²) in [6, 6.07) is 0. The molecule has 0 rings (SSSR count). The van der Waals surface area contributed by atoms with E-state index in [1.54, 1.807) is 0 Å². The molecule has 0 aliphatic heterocycles. The molecular weight excluding hydrogens is 300 g/mol. The van der Waals surface area contributed by atoms with Gasteiger partial charge in [0, 0.05) is 12.8 Å². The Balaban J connectivity index is 0. The molecular formula is C17H34O6. The van der Waals surface area contributed by atoms with Gasteiger partial charge in [-0.05, 0) is 32.6 Å². The molecule has 2 N–H and O–H groups in total. The number of hydrogen-bond donors (Lipinski definition) is 2. The summed E-state index contributed by atoms with van der Waals surface area (Å²) in [5.41, 5.74) is 0. The Morgan fingerprint density at radius 3 is 1.48 bits per heavy atom. The number of unbranched alkanes of at least 4 members (excludes halogenated alkanes) is 3. The van der Waals surface area contributed by atoms with E-state index in [-0.39, 0.29) is 18.5 Å². The lowest BCUT2D eigenvalue weighted by Gasteiger charge is -2.04. The van der Waals surface area contributed by atoms with Gasteiger partial charge in [0.05, 0.1) is 25.9 Å². The highest BCUT2D eigenvalue weighted by Crippen LogP contribution is 2.04. The standard InChI is InChI=1S/C14H26O4.C3H8O2/c1-3-5-11-17-13(15)9-7-8-10-14(16)18-12-6-4-2;1-3(5)2-4/h3-12H2,1-2H3;3-5H,2H2,1H3. The van der Waals surface area contributed by atoms with Crippen LogP contribution in [0.1, 0.15) is 72.1 Å². The van der Waals surface area contributed by atoms with Crippen molar-refractivity contribution in [2.75, 3.05) is 19.8 Å². The molecule has 0 spiro atoms. The fourth-order valence-corrected chi connectivity index (χ4v) is 1.34. The number of rotatable bonds is 12. The SMILES string of the molecule is CC(O)CO.CCCCOC(=O)CCCCC(=O)OCCCC. The van der Waals surface area contributed by atoms with Crippen LogP contribution in [-0.4, -0.2) is 48.1 Å². The number of aliphatic hydroxyl groups excluding tert-OH is 2. The van der Waals surface area contributed by atoms with Gasteiger partial charge in [-0.3, -0.25) is 9.59 Å². The summed E-state index contributed by atoms with van der Waals surface area (Å²) in [5.74, 6) is -0.328. The average molecular weight is 334 g/mol. The number of aliphatic hydroxyl groups is 2. The van der Waals surface area contributed by atoms with Gasteiger partial charge >= 0.3 is 11.9 Å². The van der Waals surface area contributed by atoms with Gasteiger partial charge < -0.3 is 19.7 Å². The topological polar surface area (TPSA) is 93.1 Å². The summed E-state index contributed by atoms with van der Waals surface area (Å²) >= 11 is 0. The number of esters is 2. The number of carbonyl (C=O) groups excluding carboxylic acids is 2. The Morgan fingerprint density at radius 1 is 0.870 bits per heavy atom. The van der Waals surface area contributed by atoms with Gasteiger partial charge in [0.2, 0.25) is 0 Å². The summed E-state index contributed by atoms with van der Waals surface area (Å²) in [6.45, 7) is 6.51. The van der Waals surface area contributed by atoms with Crippen molar-refractivity contribution in [3.8, 4) is 0 Å². The van der Waals surface area contributed by atoms with Crippen molar-refractivity contribution in [1.82, 2.24) is 0 Å². The minimum absolute atomic E-state index is 0.139. The fourth-order valence-electron chi connectivity index (χ4n) is 1.34. The zero-order chi connectivity index (χ0) is 17.9. The van der Waals surface area contributed by atoms with E-state index in [0.29, 0.717) is 38.9 Å². The lowest BCUT2D eigenvalue weighted by molar-refractivity contribution is -0.146. The molecule has 0 saturated heterocycles. The van der Waals surface area contributed by atoms with Crippen LogP contribution in [0, 0.1) is 0 Å². The maximum absolute atomic E-state index is 11.2. The minimum atomic E-state index is -0.560. The molecule has 0 aromatic heterocycles. The van der Waals surface area contributed by atoms with Gasteiger partial charge in [0.1, 0.15) is 0 Å². The highest BCUT2D eigenvalue weighted by atomic mass is 16.5. The highest BCUT2D eigenvalue weighted by Gasteiger charge is 2.05. The number of hydrogen-bond acceptors (Lipinski definition) is 6. The molecule has 0 heterocycles. The molecule has 0 aliphatic rings. The van der Waals surface area contributed by atoms with Crippen molar-refractivity contribution >= 4 is 11.9 Å². The van der Waals surface area contributed by atoms with Crippen LogP contribution in [-0.2, 0) is 19.1 Å². The van der Waals surface area contributed by atoms with Crippen molar-refractivity contribution < 1.29 is 29.3 Å². The molecule has 23 heavy (non-hydrogen) atoms. The molecule has 138 valence electrons. The first-order valence-corrected chi connectivity index (χ1v) is 8.58. The zero-order valence-corrected chi connectivity index (χ0v) is 14.9. The first-order valence-electron chi connectivity index (χ1n) is 8.58. The van der Waals surface area contributed by atoms with Crippen molar-refractivity contribution in [2.45, 2.75) is 78.2 Å². The van der Waals surface area contributed by atoms with E-state index < -0.39 is 6.10 Å². The van der Waals surface area contributed by atoms with Gasteiger partial charge in [-0.2, -0.15) is 0 Å². The molecule has 0 fully saturated rings. The van der Waals surface area contributed by atoms with E-state index in [9.17, 15) is 9.59 Å². The Bertz CT molecular complexity index is 254. The van der Waals surface area contributed by atoms with Crippen LogP contribution in [0.25, 0.3) is 0 Å². The van der Waals surface area contributed by atoms with E-state index in [1.807, 2.05) is 0 Å². The molecule has 1 atom stereocenters. The molecule has 0 saturated carbocycles. The van der Waals surface area contributed by atoms with Crippen LogP contribution < -0.4 is 0 Å². The Hall–Kier alpha value is -1.14. The van der Waals surface area contributed by atoms with Gasteiger partial charge in [-0.1, -0.05) is 26.7 Å². The first-order chi connectivity index (χ1) is 11.0. The van der Waals surface area contributed by atoms with Crippen molar-refractivity contribution in [3.63, 3.8) is 0 Å². The number of carbonyl (C=O) groups is 2. The van der Waals surface area contributed by atoms with Gasteiger partial charge in [-0.25, -0.2) is 0 Å². The molecule has 0 amide bonds. The smallest absolute Gasteiger partial charge is 0.305 e. The predicted molar refractivity (Wildman–Crippen MR) is 89.0 cm³/mol. The lowest BCUT2D eigenvalue weighted by Crippen LogP contribution is -2.07. The Labute approximate surface area is 140 Å². The van der Waals surface area contributed by atoms with Crippen LogP contribution in [0.4, 0.5) is 0 Å². The van der Waals surface area contributed by atoms with Crippen LogP contribution in [0.15, 0.2) is 0 Å². The largest absolute Gasteiger partial charge is 0.466 e. The minimum Gasteiger partial charge on any atom is -0.466 e. The predicted octanol–water partition coefficient (Wildman–Crippen LogP) is 2.59. The third kappa shape index (κ3) is 23.3. The second-order valence-corrected chi connectivity index (χ2v) is 5.39. The van der Waals surface area contributed by atoms with E-state index >= 15 is 0 Å². The first kappa shape index (κ1) is 24.1. The third-order valence-corrected chi connectivity index (χ3v) is 2.80. The van der Waals surface area contributed by atoms with Gasteiger partial charge in [0.25, 0.3) is 0 Å². The summed E-state index contributed by atoms with van der Waals surface area (Å²) in [7, 11) is 0. The van der Waals surface area contributed by atoms with Crippen molar-refractivity contribution in [3.05, 3.63) is 0 Å². The van der Waals surface area contributed by atoms with E-state index in [1.165, 1.54) is 6.92 Å². The van der Waals surface area contributed by atoms with Gasteiger partial charge in [-0.15, -0.1) is 0 Å². The Kier molecular flexibility index (Phi) is 19.8. The van der Waals surface area contributed by atoms with E-state index in [2.05, 4.69) is 13.8 Å². The summed E-state index contributed by atoms with van der Waals surface area (Å²) in [5, 5.41) is 16.0. The maximum Gasteiger partial charge on any atom is 0.305 e. The van der Waals surface area contributed by atoms with Crippen LogP contribution in [0.5, 0.6) is 0 Å². The molecule has 6 nitrogen and oxygen atoms in total. The molecule has 1 unspecified atom stereocenters. The van der Waals surface area contributed by atoms with Gasteiger partial charge in [0.15, 0.2) is 0 Å². The summed E-state index contributed by atoms with van der Waals surface area (Å²) in [6.07, 6.45) is 5.48. The van der Waals surface area contributed by atoms with Crippen LogP contribution in [0.2, 0.25) is 0 Å². The molecule has 0 aromatic carbocycles. The maximum atomic E-state index is 11.2. The van der Waals surface area contributed by atoms with E-state index in [0.717, 1.165) is 25.7 Å².